The molecule has 2 amide bonds. The number of carboxylic acids is 2. The molecule has 1 aromatic heterocycles. The first-order valence-corrected chi connectivity index (χ1v) is 16.4. The number of oxime groups is 1. The maximum atomic E-state index is 13.3. The lowest BCUT2D eigenvalue weighted by Crippen LogP contribution is -2.71. The summed E-state index contributed by atoms with van der Waals surface area (Å²) in [4.78, 5) is 66.9. The van der Waals surface area contributed by atoms with Crippen molar-refractivity contribution in [3.8, 4) is 0 Å². The highest BCUT2D eigenvalue weighted by Gasteiger charge is 2.54. The summed E-state index contributed by atoms with van der Waals surface area (Å²) < 4.78 is 0. The quantitative estimate of drug-likeness (QED) is 0.103. The van der Waals surface area contributed by atoms with Gasteiger partial charge in [-0.1, -0.05) is 30.3 Å². The Morgan fingerprint density at radius 2 is 2.07 bits per heavy atom. The van der Waals surface area contributed by atoms with Crippen LogP contribution in [0, 0.1) is 5.41 Å². The van der Waals surface area contributed by atoms with Gasteiger partial charge in [0, 0.05) is 29.9 Å². The molecule has 0 bridgehead atoms. The molecular weight excluding hydrogens is 635 g/mol. The first-order valence-electron chi connectivity index (χ1n) is 13.5. The van der Waals surface area contributed by atoms with Gasteiger partial charge in [0.15, 0.2) is 16.0 Å². The van der Waals surface area contributed by atoms with Crippen LogP contribution >= 0.6 is 34.9 Å². The Bertz CT molecular complexity index is 1460. The zero-order valence-corrected chi connectivity index (χ0v) is 26.6. The second-order valence-electron chi connectivity index (χ2n) is 10.5. The number of unbranched alkanes of at least 4 members (excludes halogenated alkanes) is 1. The van der Waals surface area contributed by atoms with E-state index in [-0.39, 0.29) is 33.9 Å². The third-order valence-corrected chi connectivity index (χ3v) is 9.89. The number of nitrogens with zero attached hydrogens (tertiary/aromatic N) is 5. The minimum Gasteiger partial charge on any atom is -0.478 e. The van der Waals surface area contributed by atoms with Gasteiger partial charge in [0.1, 0.15) is 28.6 Å². The average molecular weight is 668 g/mol. The van der Waals surface area contributed by atoms with Crippen molar-refractivity contribution in [1.29, 1.82) is 5.41 Å². The molecule has 19 heteroatoms. The molecular formula is C25H33N9O7S3. The molecule has 3 atom stereocenters. The molecule has 238 valence electrons. The number of carbonyl (C=O) groups is 4. The number of amides is 2. The Labute approximate surface area is 264 Å². The summed E-state index contributed by atoms with van der Waals surface area (Å²) in [5.74, 6) is -3.50. The minimum absolute atomic E-state index is 0.0166. The number of thiazole rings is 1. The van der Waals surface area contributed by atoms with Gasteiger partial charge < -0.3 is 36.7 Å². The maximum Gasteiger partial charge on any atom is 0.352 e. The van der Waals surface area contributed by atoms with Crippen LogP contribution in [-0.4, -0.2) is 107 Å². The Kier molecular flexibility index (Phi) is 10.2. The lowest BCUT2D eigenvalue weighted by Gasteiger charge is -2.49. The molecule has 4 rings (SSSR count). The number of aliphatic carboxylic acids is 2. The molecule has 0 radical (unpaired) electrons. The highest BCUT2D eigenvalue weighted by Crippen LogP contribution is 2.41. The molecule has 1 fully saturated rings. The lowest BCUT2D eigenvalue weighted by molar-refractivity contribution is -0.161. The Hall–Kier alpha value is -3.68. The van der Waals surface area contributed by atoms with Gasteiger partial charge in [0.25, 0.3) is 11.8 Å². The van der Waals surface area contributed by atoms with Crippen molar-refractivity contribution in [3.63, 3.8) is 0 Å². The molecule has 4 heterocycles. The number of hydrogen-bond acceptors (Lipinski definition) is 14. The summed E-state index contributed by atoms with van der Waals surface area (Å²) in [5.41, 5.74) is 10.1. The molecule has 1 aromatic rings. The van der Waals surface area contributed by atoms with E-state index in [0.29, 0.717) is 23.7 Å². The van der Waals surface area contributed by atoms with Gasteiger partial charge in [-0.05, 0) is 25.8 Å². The van der Waals surface area contributed by atoms with Crippen molar-refractivity contribution in [1.82, 2.24) is 20.1 Å². The number of fused-ring (bicyclic) bond motifs is 1. The summed E-state index contributed by atoms with van der Waals surface area (Å²) in [6.07, 6.45) is 1.74. The number of nitrogen functional groups attached to an aromatic ring is 1. The van der Waals surface area contributed by atoms with Crippen LogP contribution in [-0.2, 0) is 24.0 Å². The summed E-state index contributed by atoms with van der Waals surface area (Å²) >= 11 is 3.57. The molecule has 0 saturated carbocycles. The van der Waals surface area contributed by atoms with Crippen molar-refractivity contribution in [2.45, 2.75) is 63.2 Å². The number of aliphatic imine (C=N–C) groups is 1. The predicted octanol–water partition coefficient (Wildman–Crippen LogP) is 0.905. The van der Waals surface area contributed by atoms with E-state index in [9.17, 15) is 29.4 Å². The monoisotopic (exact) mass is 667 g/mol. The fourth-order valence-corrected chi connectivity index (χ4v) is 7.47. The summed E-state index contributed by atoms with van der Waals surface area (Å²) in [6.45, 7) is 5.19. The molecule has 3 aliphatic heterocycles. The van der Waals surface area contributed by atoms with Gasteiger partial charge in [-0.3, -0.25) is 19.9 Å². The van der Waals surface area contributed by atoms with E-state index < -0.39 is 52.6 Å². The third-order valence-electron chi connectivity index (χ3n) is 6.80. The van der Waals surface area contributed by atoms with Gasteiger partial charge in [-0.2, -0.15) is 0 Å². The van der Waals surface area contributed by atoms with Gasteiger partial charge >= 0.3 is 11.9 Å². The van der Waals surface area contributed by atoms with E-state index >= 15 is 0 Å². The number of nitrogens with one attached hydrogen (secondary N) is 2. The number of aromatic nitrogens is 1. The number of carboxylic acid groups (broad SMARTS) is 2. The number of thioether (sulfide) groups is 2. The third kappa shape index (κ3) is 7.00. The number of anilines is 1. The van der Waals surface area contributed by atoms with Crippen LogP contribution in [0.2, 0.25) is 0 Å². The van der Waals surface area contributed by atoms with Crippen LogP contribution in [0.3, 0.4) is 0 Å². The molecule has 8 N–H and O–H groups in total. The number of amidine groups is 2. The van der Waals surface area contributed by atoms with E-state index in [4.69, 9.17) is 21.7 Å². The predicted molar refractivity (Wildman–Crippen MR) is 167 cm³/mol. The highest BCUT2D eigenvalue weighted by atomic mass is 32.2. The second-order valence-corrected chi connectivity index (χ2v) is 13.4. The number of carbonyl (C=O) groups excluding carboxylic acids is 2. The molecule has 0 spiro atoms. The Morgan fingerprint density at radius 1 is 1.34 bits per heavy atom. The van der Waals surface area contributed by atoms with Gasteiger partial charge in [0.05, 0.1) is 6.17 Å². The van der Waals surface area contributed by atoms with Crippen LogP contribution in [0.15, 0.2) is 26.8 Å². The number of hydrogen-bond donors (Lipinski definition) is 6. The highest BCUT2D eigenvalue weighted by molar-refractivity contribution is 8.14. The molecule has 44 heavy (non-hydrogen) atoms. The van der Waals surface area contributed by atoms with Crippen LogP contribution < -0.4 is 16.8 Å². The Balaban J connectivity index is 1.51. The van der Waals surface area contributed by atoms with E-state index in [1.165, 1.54) is 42.8 Å². The molecule has 2 unspecified atom stereocenters. The van der Waals surface area contributed by atoms with Crippen LogP contribution in [0.1, 0.15) is 45.7 Å². The number of nitrogens with two attached hydrogens (primary N) is 2. The molecule has 1 saturated heterocycles. The van der Waals surface area contributed by atoms with Crippen molar-refractivity contribution < 1.29 is 34.2 Å². The van der Waals surface area contributed by atoms with Crippen molar-refractivity contribution in [2.75, 3.05) is 23.8 Å². The van der Waals surface area contributed by atoms with E-state index in [2.05, 4.69) is 27.4 Å². The smallest absolute Gasteiger partial charge is 0.352 e. The molecule has 0 aromatic carbocycles. The van der Waals surface area contributed by atoms with E-state index in [0.717, 1.165) is 29.1 Å². The maximum absolute atomic E-state index is 13.3. The van der Waals surface area contributed by atoms with Gasteiger partial charge in [0.2, 0.25) is 5.60 Å². The fraction of sp³-hybridized carbons (Fsp3) is 0.520. The van der Waals surface area contributed by atoms with E-state index in [1.54, 1.807) is 0 Å². The van der Waals surface area contributed by atoms with Crippen LogP contribution in [0.25, 0.3) is 0 Å². The molecule has 3 aliphatic rings. The zero-order chi connectivity index (χ0) is 32.3. The summed E-state index contributed by atoms with van der Waals surface area (Å²) in [5, 5.41) is 35.1. The van der Waals surface area contributed by atoms with E-state index in [1.807, 2.05) is 4.90 Å². The van der Waals surface area contributed by atoms with Crippen molar-refractivity contribution >= 4 is 80.5 Å². The standard InChI is InChI=1S/C25H33N9O7S3/c1-4-5-6-33-14(27)7-13(26)30-24(33)44-9-11-8-42-20-16(19(36)34(20)17(11)21(37)38)31-18(35)15(12-10-43-23(28)29-12)32-41-25(2,3)22(39)40/h10,14,16,20,26H,4-9,27H2,1-3H3,(H2,28,29)(H,31,35)(H,37,38)(H,39,40)/t14?,16?,20-/m0/s1. The number of β-lactam (4-membered cyclic amide) rings is 1. The normalized spacial score (nSPS) is 22.3. The van der Waals surface area contributed by atoms with Crippen LogP contribution in [0.4, 0.5) is 5.13 Å². The second kappa shape index (κ2) is 13.5. The first kappa shape index (κ1) is 33.2. The lowest BCUT2D eigenvalue weighted by atomic mass is 10.0. The summed E-state index contributed by atoms with van der Waals surface area (Å²) in [7, 11) is 0. The average Bonchev–Trinajstić information content (AvgIpc) is 3.38. The summed E-state index contributed by atoms with van der Waals surface area (Å²) in [6, 6.07) is -1.09. The van der Waals surface area contributed by atoms with Crippen molar-refractivity contribution in [3.05, 3.63) is 22.3 Å². The Morgan fingerprint density at radius 3 is 2.68 bits per heavy atom. The SMILES string of the molecule is CCCCN1C(SCC2=C(C(=O)O)N3C(=O)C(NC(=O)C(=NOC(C)(C)C(=O)O)c4csc(N)n4)[C@@H]3SC2)=NC(=N)CC1N. The fourth-order valence-electron chi connectivity index (χ4n) is 4.34. The van der Waals surface area contributed by atoms with Gasteiger partial charge in [-0.15, -0.1) is 23.1 Å². The molecule has 16 nitrogen and oxygen atoms in total. The molecule has 0 aliphatic carbocycles. The first-order chi connectivity index (χ1) is 20.7. The number of rotatable bonds is 12. The van der Waals surface area contributed by atoms with Gasteiger partial charge in [-0.25, -0.2) is 19.6 Å². The van der Waals surface area contributed by atoms with Crippen LogP contribution in [0.5, 0.6) is 0 Å². The zero-order valence-electron chi connectivity index (χ0n) is 24.1. The largest absolute Gasteiger partial charge is 0.478 e. The van der Waals surface area contributed by atoms with Crippen molar-refractivity contribution in [2.24, 2.45) is 15.9 Å². The minimum atomic E-state index is -1.77. The topological polar surface area (TPSA) is 250 Å².